The average molecular weight is 173 g/mol. The van der Waals surface area contributed by atoms with Crippen LogP contribution in [0.3, 0.4) is 0 Å². The summed E-state index contributed by atoms with van der Waals surface area (Å²) in [6.07, 6.45) is 0. The fraction of sp³-hybridized carbons (Fsp3) is 1.00. The second-order valence-electron chi connectivity index (χ2n) is 3.45. The van der Waals surface area contributed by atoms with Gasteiger partial charge < -0.3 is 16.0 Å². The van der Waals surface area contributed by atoms with Crippen molar-refractivity contribution in [2.75, 3.05) is 39.8 Å². The molecule has 74 valence electrons. The van der Waals surface area contributed by atoms with Gasteiger partial charge >= 0.3 is 0 Å². The molecule has 0 aromatic rings. The Bertz CT molecular complexity index is 83.8. The zero-order chi connectivity index (χ0) is 9.23. The lowest BCUT2D eigenvalue weighted by molar-refractivity contribution is 0.534. The Balaban J connectivity index is 2.82. The van der Waals surface area contributed by atoms with Crippen LogP contribution in [-0.2, 0) is 0 Å². The van der Waals surface area contributed by atoms with Crippen molar-refractivity contribution in [3.8, 4) is 0 Å². The smallest absolute Gasteiger partial charge is 0.00772 e. The summed E-state index contributed by atoms with van der Waals surface area (Å²) in [5.74, 6) is 0.752. The SMILES string of the molecule is CNCCNCCNCC(C)C. The van der Waals surface area contributed by atoms with E-state index in [0.717, 1.165) is 38.6 Å². The summed E-state index contributed by atoms with van der Waals surface area (Å²) in [5.41, 5.74) is 0. The molecule has 0 spiro atoms. The molecule has 0 aliphatic heterocycles. The summed E-state index contributed by atoms with van der Waals surface area (Å²) >= 11 is 0. The molecule has 0 aliphatic rings. The van der Waals surface area contributed by atoms with Crippen LogP contribution in [0.15, 0.2) is 0 Å². The summed E-state index contributed by atoms with van der Waals surface area (Å²) in [7, 11) is 1.97. The van der Waals surface area contributed by atoms with E-state index >= 15 is 0 Å². The fourth-order valence-electron chi connectivity index (χ4n) is 0.906. The van der Waals surface area contributed by atoms with E-state index in [4.69, 9.17) is 0 Å². The van der Waals surface area contributed by atoms with Crippen LogP contribution in [0, 0.1) is 5.92 Å². The van der Waals surface area contributed by atoms with E-state index in [1.807, 2.05) is 7.05 Å². The first-order chi connectivity index (χ1) is 5.77. The third kappa shape index (κ3) is 9.88. The molecule has 3 heteroatoms. The third-order valence-electron chi connectivity index (χ3n) is 1.58. The molecule has 0 unspecified atom stereocenters. The van der Waals surface area contributed by atoms with Gasteiger partial charge in [0.05, 0.1) is 0 Å². The topological polar surface area (TPSA) is 36.1 Å². The van der Waals surface area contributed by atoms with Crippen LogP contribution in [0.5, 0.6) is 0 Å². The molecule has 0 aromatic heterocycles. The molecule has 0 saturated heterocycles. The van der Waals surface area contributed by atoms with Crippen molar-refractivity contribution in [3.05, 3.63) is 0 Å². The standard InChI is InChI=1S/C9H23N3/c1-9(2)8-12-7-6-11-5-4-10-3/h9-12H,4-8H2,1-3H3. The molecule has 0 amide bonds. The van der Waals surface area contributed by atoms with E-state index < -0.39 is 0 Å². The van der Waals surface area contributed by atoms with E-state index in [1.54, 1.807) is 0 Å². The number of rotatable bonds is 8. The van der Waals surface area contributed by atoms with Gasteiger partial charge in [0, 0.05) is 26.2 Å². The molecule has 0 saturated carbocycles. The van der Waals surface area contributed by atoms with Gasteiger partial charge in [0.1, 0.15) is 0 Å². The van der Waals surface area contributed by atoms with Crippen LogP contribution >= 0.6 is 0 Å². The van der Waals surface area contributed by atoms with E-state index in [9.17, 15) is 0 Å². The van der Waals surface area contributed by atoms with Gasteiger partial charge in [0.2, 0.25) is 0 Å². The second-order valence-corrected chi connectivity index (χ2v) is 3.45. The largest absolute Gasteiger partial charge is 0.318 e. The minimum absolute atomic E-state index is 0.752. The zero-order valence-corrected chi connectivity index (χ0v) is 8.61. The third-order valence-corrected chi connectivity index (χ3v) is 1.58. The normalized spacial score (nSPS) is 11.0. The van der Waals surface area contributed by atoms with Gasteiger partial charge in [-0.15, -0.1) is 0 Å². The molecule has 3 nitrogen and oxygen atoms in total. The number of hydrogen-bond donors (Lipinski definition) is 3. The quantitative estimate of drug-likeness (QED) is 0.454. The lowest BCUT2D eigenvalue weighted by Crippen LogP contribution is -2.32. The summed E-state index contributed by atoms with van der Waals surface area (Å²) < 4.78 is 0. The summed E-state index contributed by atoms with van der Waals surface area (Å²) in [4.78, 5) is 0. The Morgan fingerprint density at radius 3 is 2.08 bits per heavy atom. The molecular formula is C9H23N3. The van der Waals surface area contributed by atoms with Gasteiger partial charge in [-0.05, 0) is 19.5 Å². The van der Waals surface area contributed by atoms with Gasteiger partial charge in [-0.25, -0.2) is 0 Å². The molecule has 0 atom stereocenters. The van der Waals surface area contributed by atoms with E-state index in [2.05, 4.69) is 29.8 Å². The summed E-state index contributed by atoms with van der Waals surface area (Å²) in [6, 6.07) is 0. The van der Waals surface area contributed by atoms with Crippen molar-refractivity contribution in [2.24, 2.45) is 5.92 Å². The molecule has 0 fully saturated rings. The predicted molar refractivity (Wildman–Crippen MR) is 54.5 cm³/mol. The van der Waals surface area contributed by atoms with Gasteiger partial charge in [-0.2, -0.15) is 0 Å². The van der Waals surface area contributed by atoms with E-state index in [0.29, 0.717) is 0 Å². The molecule has 0 rings (SSSR count). The predicted octanol–water partition coefficient (Wildman–Crippen LogP) is 0.0410. The molecule has 0 heterocycles. The molecule has 0 aromatic carbocycles. The van der Waals surface area contributed by atoms with Crippen LogP contribution in [0.4, 0.5) is 0 Å². The van der Waals surface area contributed by atoms with Crippen molar-refractivity contribution in [1.29, 1.82) is 0 Å². The van der Waals surface area contributed by atoms with Crippen LogP contribution in [-0.4, -0.2) is 39.8 Å². The van der Waals surface area contributed by atoms with Gasteiger partial charge in [0.15, 0.2) is 0 Å². The molecule has 3 N–H and O–H groups in total. The Morgan fingerprint density at radius 1 is 0.917 bits per heavy atom. The van der Waals surface area contributed by atoms with E-state index in [-0.39, 0.29) is 0 Å². The first-order valence-corrected chi connectivity index (χ1v) is 4.83. The Morgan fingerprint density at radius 2 is 1.50 bits per heavy atom. The minimum atomic E-state index is 0.752. The van der Waals surface area contributed by atoms with E-state index in [1.165, 1.54) is 0 Å². The molecule has 0 radical (unpaired) electrons. The maximum absolute atomic E-state index is 3.38. The monoisotopic (exact) mass is 173 g/mol. The maximum atomic E-state index is 3.38. The number of likely N-dealkylation sites (N-methyl/N-ethyl adjacent to an activating group) is 1. The highest BCUT2D eigenvalue weighted by atomic mass is 15.0. The van der Waals surface area contributed by atoms with Crippen molar-refractivity contribution in [2.45, 2.75) is 13.8 Å². The first-order valence-electron chi connectivity index (χ1n) is 4.83. The van der Waals surface area contributed by atoms with Crippen molar-refractivity contribution in [1.82, 2.24) is 16.0 Å². The highest BCUT2D eigenvalue weighted by Crippen LogP contribution is 1.85. The van der Waals surface area contributed by atoms with Gasteiger partial charge in [0.25, 0.3) is 0 Å². The Kier molecular flexibility index (Phi) is 8.88. The lowest BCUT2D eigenvalue weighted by atomic mass is 10.2. The van der Waals surface area contributed by atoms with Crippen molar-refractivity contribution >= 4 is 0 Å². The first kappa shape index (κ1) is 11.9. The fourth-order valence-corrected chi connectivity index (χ4v) is 0.906. The van der Waals surface area contributed by atoms with Gasteiger partial charge in [-0.1, -0.05) is 13.8 Å². The molecular weight excluding hydrogens is 150 g/mol. The number of hydrogen-bond acceptors (Lipinski definition) is 3. The molecule has 0 aliphatic carbocycles. The van der Waals surface area contributed by atoms with Crippen LogP contribution in [0.25, 0.3) is 0 Å². The minimum Gasteiger partial charge on any atom is -0.318 e. The number of nitrogens with one attached hydrogen (secondary N) is 3. The van der Waals surface area contributed by atoms with Gasteiger partial charge in [-0.3, -0.25) is 0 Å². The Hall–Kier alpha value is -0.120. The highest BCUT2D eigenvalue weighted by molar-refractivity contribution is 4.54. The van der Waals surface area contributed by atoms with Crippen LogP contribution in [0.1, 0.15) is 13.8 Å². The average Bonchev–Trinajstić information content (AvgIpc) is 2.02. The maximum Gasteiger partial charge on any atom is 0.00772 e. The molecule has 12 heavy (non-hydrogen) atoms. The van der Waals surface area contributed by atoms with Crippen LogP contribution in [0.2, 0.25) is 0 Å². The summed E-state index contributed by atoms with van der Waals surface area (Å²) in [6.45, 7) is 9.80. The molecule has 0 bridgehead atoms. The highest BCUT2D eigenvalue weighted by Gasteiger charge is 1.91. The summed E-state index contributed by atoms with van der Waals surface area (Å²) in [5, 5.41) is 9.81. The van der Waals surface area contributed by atoms with Crippen molar-refractivity contribution < 1.29 is 0 Å². The van der Waals surface area contributed by atoms with Crippen LogP contribution < -0.4 is 16.0 Å². The zero-order valence-electron chi connectivity index (χ0n) is 8.61. The lowest BCUT2D eigenvalue weighted by Gasteiger charge is -2.07. The van der Waals surface area contributed by atoms with Crippen molar-refractivity contribution in [3.63, 3.8) is 0 Å². The Labute approximate surface area is 76.3 Å². The second kappa shape index (κ2) is 8.97.